The van der Waals surface area contributed by atoms with E-state index in [1.165, 1.54) is 7.05 Å². The van der Waals surface area contributed by atoms with Crippen LogP contribution < -0.4 is 14.9 Å². The Morgan fingerprint density at radius 1 is 1.07 bits per heavy atom. The first-order chi connectivity index (χ1) is 13.9. The molecule has 2 aromatic carbocycles. The van der Waals surface area contributed by atoms with Gasteiger partial charge >= 0.3 is 0 Å². The standard InChI is InChI=1S/C20H27N5O3S.HI/c1-21-20(23-15-16-7-9-17(10-8-16)29(27,28)22-2)25-13-11-24(12-14-25)18-5-3-4-6-19(18)26;/h3-10,22,26H,11-15H2,1-2H3,(H,21,23);1H. The van der Waals surface area contributed by atoms with E-state index in [-0.39, 0.29) is 28.9 Å². The summed E-state index contributed by atoms with van der Waals surface area (Å²) in [6.07, 6.45) is 0. The number of nitrogens with one attached hydrogen (secondary N) is 2. The number of hydrogen-bond acceptors (Lipinski definition) is 5. The predicted molar refractivity (Wildman–Crippen MR) is 130 cm³/mol. The van der Waals surface area contributed by atoms with Gasteiger partial charge in [0.05, 0.1) is 10.6 Å². The summed E-state index contributed by atoms with van der Waals surface area (Å²) in [6, 6.07) is 14.1. The first kappa shape index (κ1) is 24.2. The fraction of sp³-hybridized carbons (Fsp3) is 0.350. The van der Waals surface area contributed by atoms with Crippen molar-refractivity contribution >= 4 is 45.6 Å². The maximum absolute atomic E-state index is 11.8. The van der Waals surface area contributed by atoms with Gasteiger partial charge < -0.3 is 20.2 Å². The number of anilines is 1. The van der Waals surface area contributed by atoms with Crippen molar-refractivity contribution < 1.29 is 13.5 Å². The van der Waals surface area contributed by atoms with Gasteiger partial charge in [-0.2, -0.15) is 0 Å². The highest BCUT2D eigenvalue weighted by Crippen LogP contribution is 2.27. The van der Waals surface area contributed by atoms with Gasteiger partial charge in [0.15, 0.2) is 5.96 Å². The Labute approximate surface area is 195 Å². The van der Waals surface area contributed by atoms with Gasteiger partial charge in [-0.25, -0.2) is 13.1 Å². The normalized spacial score (nSPS) is 14.9. The highest BCUT2D eigenvalue weighted by molar-refractivity contribution is 14.0. The van der Waals surface area contributed by atoms with E-state index in [0.717, 1.165) is 43.4 Å². The molecule has 3 rings (SSSR count). The molecule has 2 aromatic rings. The van der Waals surface area contributed by atoms with Crippen molar-refractivity contribution in [2.75, 3.05) is 45.2 Å². The second-order valence-electron chi connectivity index (χ2n) is 6.72. The zero-order valence-corrected chi connectivity index (χ0v) is 20.2. The van der Waals surface area contributed by atoms with Crippen molar-refractivity contribution in [3.05, 3.63) is 54.1 Å². The number of para-hydroxylation sites is 2. The molecule has 30 heavy (non-hydrogen) atoms. The first-order valence-corrected chi connectivity index (χ1v) is 10.9. The molecule has 3 N–H and O–H groups in total. The van der Waals surface area contributed by atoms with E-state index in [4.69, 9.17) is 0 Å². The summed E-state index contributed by atoms with van der Waals surface area (Å²) in [5.41, 5.74) is 1.82. The van der Waals surface area contributed by atoms with Gasteiger partial charge in [-0.1, -0.05) is 24.3 Å². The van der Waals surface area contributed by atoms with Gasteiger partial charge in [0.25, 0.3) is 0 Å². The fourth-order valence-electron chi connectivity index (χ4n) is 3.31. The number of aliphatic imine (C=N–C) groups is 1. The summed E-state index contributed by atoms with van der Waals surface area (Å²) < 4.78 is 25.9. The molecule has 8 nitrogen and oxygen atoms in total. The average Bonchev–Trinajstić information content (AvgIpc) is 2.75. The first-order valence-electron chi connectivity index (χ1n) is 9.45. The molecular weight excluding hydrogens is 517 g/mol. The fourth-order valence-corrected chi connectivity index (χ4v) is 4.04. The topological polar surface area (TPSA) is 97.3 Å². The molecule has 0 amide bonds. The van der Waals surface area contributed by atoms with Crippen molar-refractivity contribution in [2.24, 2.45) is 4.99 Å². The summed E-state index contributed by atoms with van der Waals surface area (Å²) in [7, 11) is -0.277. The number of benzene rings is 2. The molecule has 10 heteroatoms. The number of nitrogens with zero attached hydrogens (tertiary/aromatic N) is 3. The molecular formula is C20H28IN5O3S. The minimum atomic E-state index is -3.42. The molecule has 1 saturated heterocycles. The molecule has 1 heterocycles. The van der Waals surface area contributed by atoms with Gasteiger partial charge in [0, 0.05) is 39.8 Å². The number of sulfonamides is 1. The van der Waals surface area contributed by atoms with Crippen LogP contribution in [-0.4, -0.2) is 64.7 Å². The van der Waals surface area contributed by atoms with Crippen LogP contribution in [0, 0.1) is 0 Å². The second kappa shape index (κ2) is 10.8. The molecule has 1 aliphatic heterocycles. The zero-order valence-electron chi connectivity index (χ0n) is 17.1. The highest BCUT2D eigenvalue weighted by Gasteiger charge is 2.21. The molecule has 0 unspecified atom stereocenters. The quantitative estimate of drug-likeness (QED) is 0.302. The summed E-state index contributed by atoms with van der Waals surface area (Å²) >= 11 is 0. The predicted octanol–water partition coefficient (Wildman–Crippen LogP) is 1.82. The smallest absolute Gasteiger partial charge is 0.240 e. The lowest BCUT2D eigenvalue weighted by Crippen LogP contribution is -2.52. The number of hydrogen-bond donors (Lipinski definition) is 3. The Hall–Kier alpha value is -2.05. The monoisotopic (exact) mass is 545 g/mol. The molecule has 0 spiro atoms. The van der Waals surface area contributed by atoms with Gasteiger partial charge in [0.1, 0.15) is 5.75 Å². The molecule has 0 radical (unpaired) electrons. The van der Waals surface area contributed by atoms with Crippen molar-refractivity contribution in [3.8, 4) is 5.75 Å². The van der Waals surface area contributed by atoms with Crippen molar-refractivity contribution in [1.29, 1.82) is 0 Å². The van der Waals surface area contributed by atoms with Gasteiger partial charge in [-0.15, -0.1) is 24.0 Å². The van der Waals surface area contributed by atoms with Gasteiger partial charge in [-0.05, 0) is 36.9 Å². The summed E-state index contributed by atoms with van der Waals surface area (Å²) in [6.45, 7) is 3.69. The maximum atomic E-state index is 11.8. The number of piperazine rings is 1. The number of guanidine groups is 1. The third-order valence-corrected chi connectivity index (χ3v) is 6.40. The SMILES string of the molecule is CN=C(NCc1ccc(S(=O)(=O)NC)cc1)N1CCN(c2ccccc2O)CC1.I. The number of aromatic hydroxyl groups is 1. The van der Waals surface area contributed by atoms with Crippen molar-refractivity contribution in [2.45, 2.75) is 11.4 Å². The molecule has 1 fully saturated rings. The molecule has 1 aliphatic rings. The van der Waals surface area contributed by atoms with Crippen LogP contribution in [0.4, 0.5) is 5.69 Å². The van der Waals surface area contributed by atoms with Crippen LogP contribution in [0.15, 0.2) is 58.4 Å². The lowest BCUT2D eigenvalue weighted by Gasteiger charge is -2.37. The maximum Gasteiger partial charge on any atom is 0.240 e. The van der Waals surface area contributed by atoms with Crippen LogP contribution in [0.2, 0.25) is 0 Å². The molecule has 0 saturated carbocycles. The molecule has 0 atom stereocenters. The average molecular weight is 545 g/mol. The third-order valence-electron chi connectivity index (χ3n) is 4.97. The van der Waals surface area contributed by atoms with Crippen LogP contribution in [0.1, 0.15) is 5.56 Å². The Morgan fingerprint density at radius 3 is 2.27 bits per heavy atom. The number of halogens is 1. The van der Waals surface area contributed by atoms with E-state index in [1.807, 2.05) is 18.2 Å². The van der Waals surface area contributed by atoms with Crippen molar-refractivity contribution in [3.63, 3.8) is 0 Å². The van der Waals surface area contributed by atoms with Gasteiger partial charge in [0.2, 0.25) is 10.0 Å². The van der Waals surface area contributed by atoms with Crippen LogP contribution in [0.5, 0.6) is 5.75 Å². The Balaban J connectivity index is 0.00000320. The minimum Gasteiger partial charge on any atom is -0.506 e. The van der Waals surface area contributed by atoms with E-state index in [0.29, 0.717) is 12.3 Å². The van der Waals surface area contributed by atoms with E-state index in [2.05, 4.69) is 24.8 Å². The van der Waals surface area contributed by atoms with E-state index >= 15 is 0 Å². The van der Waals surface area contributed by atoms with Crippen LogP contribution in [0.3, 0.4) is 0 Å². The number of rotatable bonds is 5. The molecule has 0 aromatic heterocycles. The van der Waals surface area contributed by atoms with Crippen LogP contribution in [-0.2, 0) is 16.6 Å². The number of phenolic OH excluding ortho intramolecular Hbond substituents is 1. The molecule has 164 valence electrons. The largest absolute Gasteiger partial charge is 0.506 e. The minimum absolute atomic E-state index is 0. The molecule has 0 bridgehead atoms. The van der Waals surface area contributed by atoms with E-state index in [1.54, 1.807) is 37.4 Å². The summed E-state index contributed by atoms with van der Waals surface area (Å²) in [5.74, 6) is 1.10. The lowest BCUT2D eigenvalue weighted by molar-refractivity contribution is 0.369. The van der Waals surface area contributed by atoms with E-state index < -0.39 is 10.0 Å². The Kier molecular flexibility index (Phi) is 8.74. The van der Waals surface area contributed by atoms with E-state index in [9.17, 15) is 13.5 Å². The lowest BCUT2D eigenvalue weighted by atomic mass is 10.2. The van der Waals surface area contributed by atoms with Crippen LogP contribution >= 0.6 is 24.0 Å². The van der Waals surface area contributed by atoms with Gasteiger partial charge in [-0.3, -0.25) is 4.99 Å². The molecule has 0 aliphatic carbocycles. The Bertz CT molecular complexity index is 959. The Morgan fingerprint density at radius 2 is 1.70 bits per heavy atom. The van der Waals surface area contributed by atoms with Crippen LogP contribution in [0.25, 0.3) is 0 Å². The second-order valence-corrected chi connectivity index (χ2v) is 8.60. The number of phenols is 1. The summed E-state index contributed by atoms with van der Waals surface area (Å²) in [4.78, 5) is 8.96. The third kappa shape index (κ3) is 5.76. The zero-order chi connectivity index (χ0) is 20.9. The summed E-state index contributed by atoms with van der Waals surface area (Å²) in [5, 5.41) is 13.4. The van der Waals surface area contributed by atoms with Crippen molar-refractivity contribution in [1.82, 2.24) is 14.9 Å². The highest BCUT2D eigenvalue weighted by atomic mass is 127.